The molecule has 2 N–H and O–H groups in total. The Morgan fingerprint density at radius 1 is 1.32 bits per heavy atom. The van der Waals surface area contributed by atoms with Gasteiger partial charge in [0, 0.05) is 16.7 Å². The van der Waals surface area contributed by atoms with Crippen LogP contribution in [-0.2, 0) is 9.59 Å². The Kier molecular flexibility index (Phi) is 3.42. The highest BCUT2D eigenvalue weighted by Gasteiger charge is 2.66. The molecule has 0 saturated heterocycles. The minimum atomic E-state index is -1.88. The maximum absolute atomic E-state index is 11.8. The first-order valence-corrected chi connectivity index (χ1v) is 9.19. The van der Waals surface area contributed by atoms with Gasteiger partial charge in [-0.3, -0.25) is 4.79 Å². The summed E-state index contributed by atoms with van der Waals surface area (Å²) in [5, 5.41) is 33.5. The highest BCUT2D eigenvalue weighted by atomic mass is 16.4. The number of aliphatic hydroxyl groups excluding tert-OH is 1. The lowest BCUT2D eigenvalue weighted by atomic mass is 9.46. The van der Waals surface area contributed by atoms with Crippen molar-refractivity contribution in [3.8, 4) is 0 Å². The van der Waals surface area contributed by atoms with Crippen LogP contribution >= 0.6 is 0 Å². The highest BCUT2D eigenvalue weighted by Crippen LogP contribution is 2.66. The van der Waals surface area contributed by atoms with Gasteiger partial charge in [0.15, 0.2) is 5.78 Å². The van der Waals surface area contributed by atoms with Crippen molar-refractivity contribution in [1.82, 2.24) is 0 Å². The van der Waals surface area contributed by atoms with E-state index in [1.54, 1.807) is 19.1 Å². The molecule has 0 unspecified atom stereocenters. The van der Waals surface area contributed by atoms with Crippen LogP contribution in [0.2, 0.25) is 0 Å². The number of carbonyl (C=O) groups excluding carboxylic acids is 2. The lowest BCUT2D eigenvalue weighted by molar-refractivity contribution is -0.334. The van der Waals surface area contributed by atoms with Gasteiger partial charge in [0.2, 0.25) is 0 Å². The second-order valence-corrected chi connectivity index (χ2v) is 8.90. The summed E-state index contributed by atoms with van der Waals surface area (Å²) in [6.07, 6.45) is 7.13. The van der Waals surface area contributed by atoms with Crippen LogP contribution in [0, 0.1) is 28.6 Å². The average molecular weight is 345 g/mol. The molecule has 0 aromatic rings. The van der Waals surface area contributed by atoms with Gasteiger partial charge in [0.25, 0.3) is 0 Å². The molecule has 136 valence electrons. The van der Waals surface area contributed by atoms with Crippen molar-refractivity contribution in [2.24, 2.45) is 28.6 Å². The SMILES string of the molecule is C[C@]12C=CC(=O)C=C1CC[C@@H]1[C@@H]2[C@H](O)C[C@]2(C)[C@@H]1CC[C@]2(O)C(=O)[O-]. The summed E-state index contributed by atoms with van der Waals surface area (Å²) in [6, 6.07) is 0. The number of carbonyl (C=O) groups is 2. The molecule has 5 nitrogen and oxygen atoms in total. The Hall–Kier alpha value is -1.46. The van der Waals surface area contributed by atoms with Gasteiger partial charge in [-0.15, -0.1) is 0 Å². The first-order valence-electron chi connectivity index (χ1n) is 9.19. The van der Waals surface area contributed by atoms with Crippen LogP contribution in [0.5, 0.6) is 0 Å². The second-order valence-electron chi connectivity index (χ2n) is 8.90. The van der Waals surface area contributed by atoms with E-state index in [9.17, 15) is 24.9 Å². The molecular weight excluding hydrogens is 320 g/mol. The Morgan fingerprint density at radius 3 is 2.72 bits per heavy atom. The summed E-state index contributed by atoms with van der Waals surface area (Å²) in [7, 11) is 0. The molecule has 0 bridgehead atoms. The summed E-state index contributed by atoms with van der Waals surface area (Å²) >= 11 is 0. The van der Waals surface area contributed by atoms with E-state index in [0.29, 0.717) is 6.42 Å². The number of aliphatic carboxylic acids is 1. The topological polar surface area (TPSA) is 97.7 Å². The Morgan fingerprint density at radius 2 is 2.04 bits per heavy atom. The zero-order chi connectivity index (χ0) is 18.2. The van der Waals surface area contributed by atoms with Gasteiger partial charge in [-0.25, -0.2) is 0 Å². The van der Waals surface area contributed by atoms with Crippen molar-refractivity contribution in [2.75, 3.05) is 0 Å². The van der Waals surface area contributed by atoms with E-state index in [1.807, 2.05) is 6.08 Å². The van der Waals surface area contributed by atoms with E-state index in [1.165, 1.54) is 0 Å². The molecule has 0 spiro atoms. The van der Waals surface area contributed by atoms with E-state index in [-0.39, 0.29) is 41.8 Å². The molecular formula is C20H25O5-. The molecule has 0 amide bonds. The maximum atomic E-state index is 11.8. The van der Waals surface area contributed by atoms with Crippen molar-refractivity contribution in [1.29, 1.82) is 0 Å². The minimum absolute atomic E-state index is 0.00624. The van der Waals surface area contributed by atoms with E-state index in [0.717, 1.165) is 18.4 Å². The van der Waals surface area contributed by atoms with E-state index < -0.39 is 23.1 Å². The summed E-state index contributed by atoms with van der Waals surface area (Å²) < 4.78 is 0. The first-order chi connectivity index (χ1) is 11.6. The highest BCUT2D eigenvalue weighted by molar-refractivity contribution is 6.01. The summed E-state index contributed by atoms with van der Waals surface area (Å²) in [5.41, 5.74) is -2.06. The predicted octanol–water partition coefficient (Wildman–Crippen LogP) is 0.746. The Bertz CT molecular complexity index is 709. The number of aliphatic hydroxyl groups is 2. The fraction of sp³-hybridized carbons (Fsp3) is 0.700. The van der Waals surface area contributed by atoms with Crippen molar-refractivity contribution >= 4 is 11.8 Å². The third kappa shape index (κ3) is 1.97. The van der Waals surface area contributed by atoms with Crippen LogP contribution in [-0.4, -0.2) is 33.7 Å². The number of hydrogen-bond acceptors (Lipinski definition) is 5. The van der Waals surface area contributed by atoms with Crippen LogP contribution in [0.3, 0.4) is 0 Å². The zero-order valence-electron chi connectivity index (χ0n) is 14.7. The van der Waals surface area contributed by atoms with Crippen molar-refractivity contribution in [2.45, 2.75) is 57.7 Å². The standard InChI is InChI=1S/C20H26O5/c1-18-7-5-12(21)9-11(18)3-4-13-14-6-8-20(25,17(23)24)19(14,2)10-15(22)16(13)18/h5,7,9,13-16,22,25H,3-4,6,8,10H2,1-2H3,(H,23,24)/p-1/t13-,14+,15+,16+,18-,19+,20-/m0/s1. The lowest BCUT2D eigenvalue weighted by Crippen LogP contribution is -2.63. The third-order valence-corrected chi connectivity index (χ3v) is 7.99. The molecule has 25 heavy (non-hydrogen) atoms. The first kappa shape index (κ1) is 17.0. The number of fused-ring (bicyclic) bond motifs is 5. The summed E-state index contributed by atoms with van der Waals surface area (Å²) in [4.78, 5) is 23.4. The molecule has 0 radical (unpaired) electrons. The monoisotopic (exact) mass is 345 g/mol. The number of carboxylic acid groups (broad SMARTS) is 1. The molecule has 0 heterocycles. The van der Waals surface area contributed by atoms with Crippen molar-refractivity contribution in [3.05, 3.63) is 23.8 Å². The fourth-order valence-corrected chi connectivity index (χ4v) is 6.67. The number of ketones is 1. The predicted molar refractivity (Wildman–Crippen MR) is 88.0 cm³/mol. The molecule has 7 atom stereocenters. The smallest absolute Gasteiger partial charge is 0.178 e. The van der Waals surface area contributed by atoms with Crippen LogP contribution in [0.15, 0.2) is 23.8 Å². The van der Waals surface area contributed by atoms with E-state index in [4.69, 9.17) is 0 Å². The summed E-state index contributed by atoms with van der Waals surface area (Å²) in [5.74, 6) is -1.32. The third-order valence-electron chi connectivity index (χ3n) is 7.99. The fourth-order valence-electron chi connectivity index (χ4n) is 6.67. The van der Waals surface area contributed by atoms with Gasteiger partial charge in [0.1, 0.15) is 5.60 Å². The van der Waals surface area contributed by atoms with Crippen molar-refractivity contribution in [3.63, 3.8) is 0 Å². The van der Waals surface area contributed by atoms with Gasteiger partial charge < -0.3 is 20.1 Å². The molecule has 4 aliphatic rings. The normalized spacial score (nSPS) is 51.4. The van der Waals surface area contributed by atoms with Crippen molar-refractivity contribution < 1.29 is 24.9 Å². The maximum Gasteiger partial charge on any atom is 0.178 e. The molecule has 0 aliphatic heterocycles. The van der Waals surface area contributed by atoms with E-state index in [2.05, 4.69) is 6.92 Å². The largest absolute Gasteiger partial charge is 0.547 e. The van der Waals surface area contributed by atoms with Gasteiger partial charge >= 0.3 is 0 Å². The molecule has 3 saturated carbocycles. The number of allylic oxidation sites excluding steroid dienone is 4. The van der Waals surface area contributed by atoms with Gasteiger partial charge in [-0.05, 0) is 56.1 Å². The number of hydrogen-bond donors (Lipinski definition) is 2. The Balaban J connectivity index is 1.76. The minimum Gasteiger partial charge on any atom is -0.547 e. The molecule has 5 heteroatoms. The summed E-state index contributed by atoms with van der Waals surface area (Å²) in [6.45, 7) is 3.87. The molecule has 0 aromatic carbocycles. The quantitative estimate of drug-likeness (QED) is 0.731. The van der Waals surface area contributed by atoms with Gasteiger partial charge in [-0.1, -0.05) is 25.5 Å². The zero-order valence-corrected chi connectivity index (χ0v) is 14.7. The Labute approximate surface area is 147 Å². The number of rotatable bonds is 1. The van der Waals surface area contributed by atoms with E-state index >= 15 is 0 Å². The molecule has 4 aliphatic carbocycles. The molecule has 0 aromatic heterocycles. The van der Waals surface area contributed by atoms with Gasteiger partial charge in [0.05, 0.1) is 12.1 Å². The number of carboxylic acids is 1. The van der Waals surface area contributed by atoms with Gasteiger partial charge in [-0.2, -0.15) is 0 Å². The second kappa shape index (κ2) is 5.04. The molecule has 3 fully saturated rings. The lowest BCUT2D eigenvalue weighted by Gasteiger charge is -2.60. The van der Waals surface area contributed by atoms with Crippen LogP contribution in [0.1, 0.15) is 46.0 Å². The van der Waals surface area contributed by atoms with Crippen LogP contribution in [0.25, 0.3) is 0 Å². The average Bonchev–Trinajstić information content (AvgIpc) is 2.80. The van der Waals surface area contributed by atoms with Crippen LogP contribution in [0.4, 0.5) is 0 Å². The van der Waals surface area contributed by atoms with Crippen LogP contribution < -0.4 is 5.11 Å². The molecule has 4 rings (SSSR count).